The van der Waals surface area contributed by atoms with Crippen LogP contribution in [0.2, 0.25) is 0 Å². The van der Waals surface area contributed by atoms with Crippen LogP contribution in [-0.2, 0) is 19.1 Å². The molecule has 1 aromatic rings. The Bertz CT molecular complexity index is 600. The first-order valence-electron chi connectivity index (χ1n) is 8.63. The lowest BCUT2D eigenvalue weighted by atomic mass is 10.1. The van der Waals surface area contributed by atoms with Gasteiger partial charge >= 0.3 is 5.97 Å². The van der Waals surface area contributed by atoms with Crippen LogP contribution in [0.3, 0.4) is 0 Å². The molecule has 1 N–H and O–H groups in total. The smallest absolute Gasteiger partial charge is 0.310 e. The van der Waals surface area contributed by atoms with E-state index >= 15 is 0 Å². The van der Waals surface area contributed by atoms with E-state index in [-0.39, 0.29) is 30.9 Å². The van der Waals surface area contributed by atoms with Crippen molar-refractivity contribution in [3.8, 4) is 5.75 Å². The lowest BCUT2D eigenvalue weighted by molar-refractivity contribution is -0.146. The van der Waals surface area contributed by atoms with E-state index in [1.165, 1.54) is 14.0 Å². The van der Waals surface area contributed by atoms with Crippen LogP contribution in [0.15, 0.2) is 24.3 Å². The molecule has 2 amide bonds. The molecule has 26 heavy (non-hydrogen) atoms. The van der Waals surface area contributed by atoms with Crippen molar-refractivity contribution >= 4 is 17.8 Å². The molecule has 1 unspecified atom stereocenters. The van der Waals surface area contributed by atoms with E-state index in [0.29, 0.717) is 25.3 Å². The van der Waals surface area contributed by atoms with Crippen molar-refractivity contribution in [2.75, 3.05) is 33.4 Å². The van der Waals surface area contributed by atoms with Crippen molar-refractivity contribution < 1.29 is 23.9 Å². The standard InChI is InChI=1S/C19H28N2O5/c1-14-6-8-17(9-7-14)26-13-18(23)21(11-5-10-20-16(3)22)12-15(2)19(24)25-4/h6-9,15H,5,10-13H2,1-4H3,(H,20,22). The van der Waals surface area contributed by atoms with Gasteiger partial charge in [0.2, 0.25) is 5.91 Å². The summed E-state index contributed by atoms with van der Waals surface area (Å²) in [7, 11) is 1.32. The molecule has 7 nitrogen and oxygen atoms in total. The number of carbonyl (C=O) groups is 3. The van der Waals surface area contributed by atoms with Crippen LogP contribution in [0, 0.1) is 12.8 Å². The topological polar surface area (TPSA) is 84.9 Å². The first kappa shape index (κ1) is 21.5. The van der Waals surface area contributed by atoms with E-state index in [0.717, 1.165) is 5.56 Å². The minimum Gasteiger partial charge on any atom is -0.484 e. The van der Waals surface area contributed by atoms with Gasteiger partial charge in [0, 0.05) is 26.6 Å². The summed E-state index contributed by atoms with van der Waals surface area (Å²) >= 11 is 0. The Hall–Kier alpha value is -2.57. The van der Waals surface area contributed by atoms with E-state index in [9.17, 15) is 14.4 Å². The lowest BCUT2D eigenvalue weighted by Gasteiger charge is -2.25. The normalized spacial score (nSPS) is 11.4. The molecule has 0 aliphatic carbocycles. The van der Waals surface area contributed by atoms with Crippen LogP contribution < -0.4 is 10.1 Å². The highest BCUT2D eigenvalue weighted by Gasteiger charge is 2.21. The van der Waals surface area contributed by atoms with Crippen LogP contribution in [0.4, 0.5) is 0 Å². The molecule has 0 bridgehead atoms. The number of aryl methyl sites for hydroxylation is 1. The van der Waals surface area contributed by atoms with Gasteiger partial charge < -0.3 is 19.7 Å². The Labute approximate surface area is 154 Å². The van der Waals surface area contributed by atoms with E-state index in [4.69, 9.17) is 9.47 Å². The monoisotopic (exact) mass is 364 g/mol. The summed E-state index contributed by atoms with van der Waals surface area (Å²) in [6.07, 6.45) is 0.587. The van der Waals surface area contributed by atoms with Gasteiger partial charge in [-0.3, -0.25) is 14.4 Å². The van der Waals surface area contributed by atoms with Gasteiger partial charge in [0.1, 0.15) is 5.75 Å². The number of ether oxygens (including phenoxy) is 2. The van der Waals surface area contributed by atoms with Gasteiger partial charge in [0.05, 0.1) is 13.0 Å². The van der Waals surface area contributed by atoms with Crippen molar-refractivity contribution in [3.05, 3.63) is 29.8 Å². The minimum atomic E-state index is -0.441. The highest BCUT2D eigenvalue weighted by molar-refractivity contribution is 5.79. The third-order valence-electron chi connectivity index (χ3n) is 3.81. The number of hydrogen-bond acceptors (Lipinski definition) is 5. The number of nitrogens with zero attached hydrogens (tertiary/aromatic N) is 1. The van der Waals surface area contributed by atoms with Crippen LogP contribution in [0.5, 0.6) is 5.75 Å². The molecular weight excluding hydrogens is 336 g/mol. The second-order valence-corrected chi connectivity index (χ2v) is 6.20. The number of methoxy groups -OCH3 is 1. The summed E-state index contributed by atoms with van der Waals surface area (Å²) in [5, 5.41) is 2.69. The molecule has 144 valence electrons. The zero-order valence-electron chi connectivity index (χ0n) is 15.9. The Morgan fingerprint density at radius 1 is 1.19 bits per heavy atom. The lowest BCUT2D eigenvalue weighted by Crippen LogP contribution is -2.41. The van der Waals surface area contributed by atoms with Gasteiger partial charge in [0.15, 0.2) is 6.61 Å². The van der Waals surface area contributed by atoms with Crippen molar-refractivity contribution in [2.24, 2.45) is 5.92 Å². The predicted molar refractivity (Wildman–Crippen MR) is 97.7 cm³/mol. The molecule has 0 saturated carbocycles. The zero-order valence-corrected chi connectivity index (χ0v) is 15.9. The third kappa shape index (κ3) is 8.00. The van der Waals surface area contributed by atoms with E-state index in [1.807, 2.05) is 19.1 Å². The Kier molecular flexibility index (Phi) is 9.19. The molecule has 1 aromatic carbocycles. The number of carbonyl (C=O) groups excluding carboxylic acids is 3. The molecule has 0 spiro atoms. The van der Waals surface area contributed by atoms with Crippen LogP contribution in [-0.4, -0.2) is 56.0 Å². The first-order valence-corrected chi connectivity index (χ1v) is 8.63. The SMILES string of the molecule is COC(=O)C(C)CN(CCCNC(C)=O)C(=O)COc1ccc(C)cc1. The fourth-order valence-corrected chi connectivity index (χ4v) is 2.33. The number of rotatable bonds is 10. The fraction of sp³-hybridized carbons (Fsp3) is 0.526. The maximum absolute atomic E-state index is 12.5. The highest BCUT2D eigenvalue weighted by atomic mass is 16.5. The van der Waals surface area contributed by atoms with Gasteiger partial charge in [-0.15, -0.1) is 0 Å². The predicted octanol–water partition coefficient (Wildman–Crippen LogP) is 1.54. The Morgan fingerprint density at radius 2 is 1.85 bits per heavy atom. The highest BCUT2D eigenvalue weighted by Crippen LogP contribution is 2.12. The first-order chi connectivity index (χ1) is 12.3. The second-order valence-electron chi connectivity index (χ2n) is 6.20. The number of esters is 1. The van der Waals surface area contributed by atoms with Gasteiger partial charge in [0.25, 0.3) is 5.91 Å². The average molecular weight is 364 g/mol. The number of amides is 2. The van der Waals surface area contributed by atoms with Crippen LogP contribution in [0.25, 0.3) is 0 Å². The van der Waals surface area contributed by atoms with Crippen LogP contribution >= 0.6 is 0 Å². The third-order valence-corrected chi connectivity index (χ3v) is 3.81. The molecule has 0 heterocycles. The summed E-state index contributed by atoms with van der Waals surface area (Å²) in [5.74, 6) is -0.533. The maximum atomic E-state index is 12.5. The number of benzene rings is 1. The van der Waals surface area contributed by atoms with Gasteiger partial charge in [-0.05, 0) is 25.5 Å². The number of nitrogens with one attached hydrogen (secondary N) is 1. The molecule has 0 aliphatic heterocycles. The van der Waals surface area contributed by atoms with Gasteiger partial charge in [-0.1, -0.05) is 24.6 Å². The molecular formula is C19H28N2O5. The molecule has 0 radical (unpaired) electrons. The largest absolute Gasteiger partial charge is 0.484 e. The summed E-state index contributed by atoms with van der Waals surface area (Å²) in [6.45, 7) is 6.13. The molecule has 0 aliphatic rings. The van der Waals surface area contributed by atoms with Crippen molar-refractivity contribution in [1.29, 1.82) is 0 Å². The summed E-state index contributed by atoms with van der Waals surface area (Å²) in [6, 6.07) is 7.43. The number of hydrogen-bond donors (Lipinski definition) is 1. The molecule has 0 fully saturated rings. The van der Waals surface area contributed by atoms with E-state index < -0.39 is 5.92 Å². The zero-order chi connectivity index (χ0) is 19.5. The van der Waals surface area contributed by atoms with Gasteiger partial charge in [-0.25, -0.2) is 0 Å². The molecule has 1 atom stereocenters. The molecule has 1 rings (SSSR count). The Morgan fingerprint density at radius 3 is 2.42 bits per heavy atom. The second kappa shape index (κ2) is 11.1. The van der Waals surface area contributed by atoms with Crippen LogP contribution in [0.1, 0.15) is 25.8 Å². The van der Waals surface area contributed by atoms with Crippen molar-refractivity contribution in [3.63, 3.8) is 0 Å². The summed E-state index contributed by atoms with van der Waals surface area (Å²) < 4.78 is 10.3. The molecule has 0 saturated heterocycles. The molecule has 0 aromatic heterocycles. The fourth-order valence-electron chi connectivity index (χ4n) is 2.33. The average Bonchev–Trinajstić information content (AvgIpc) is 2.62. The van der Waals surface area contributed by atoms with E-state index in [1.54, 1.807) is 24.0 Å². The molecule has 7 heteroatoms. The van der Waals surface area contributed by atoms with Gasteiger partial charge in [-0.2, -0.15) is 0 Å². The minimum absolute atomic E-state index is 0.114. The maximum Gasteiger partial charge on any atom is 0.310 e. The van der Waals surface area contributed by atoms with E-state index in [2.05, 4.69) is 5.32 Å². The van der Waals surface area contributed by atoms with Crippen molar-refractivity contribution in [1.82, 2.24) is 10.2 Å². The Balaban J connectivity index is 2.61. The quantitative estimate of drug-likeness (QED) is 0.503. The van der Waals surface area contributed by atoms with Crippen molar-refractivity contribution in [2.45, 2.75) is 27.2 Å². The summed E-state index contributed by atoms with van der Waals surface area (Å²) in [5.41, 5.74) is 1.11. The summed E-state index contributed by atoms with van der Waals surface area (Å²) in [4.78, 5) is 36.7.